The molecular formula is C22H32N4O3. The van der Waals surface area contributed by atoms with E-state index in [1.54, 1.807) is 29.2 Å². The first-order valence-corrected chi connectivity index (χ1v) is 10.7. The summed E-state index contributed by atoms with van der Waals surface area (Å²) in [6.45, 7) is 7.12. The van der Waals surface area contributed by atoms with Gasteiger partial charge in [0.05, 0.1) is 6.54 Å². The maximum Gasteiger partial charge on any atom is 0.253 e. The van der Waals surface area contributed by atoms with Crippen LogP contribution in [0.1, 0.15) is 49.9 Å². The van der Waals surface area contributed by atoms with Gasteiger partial charge in [0.1, 0.15) is 0 Å². The van der Waals surface area contributed by atoms with E-state index in [4.69, 9.17) is 0 Å². The minimum Gasteiger partial charge on any atom is -0.353 e. The number of carbonyl (C=O) groups excluding carboxylic acids is 3. The molecule has 2 fully saturated rings. The van der Waals surface area contributed by atoms with Gasteiger partial charge in [-0.05, 0) is 57.7 Å². The Morgan fingerprint density at radius 2 is 1.76 bits per heavy atom. The van der Waals surface area contributed by atoms with Crippen molar-refractivity contribution in [2.24, 2.45) is 5.92 Å². The van der Waals surface area contributed by atoms with Crippen LogP contribution in [-0.2, 0) is 9.59 Å². The average molecular weight is 401 g/mol. The molecule has 1 aromatic rings. The number of likely N-dealkylation sites (tertiary alicyclic amines) is 1. The molecule has 1 aromatic carbocycles. The predicted octanol–water partition coefficient (Wildman–Crippen LogP) is 2.10. The van der Waals surface area contributed by atoms with Gasteiger partial charge in [0, 0.05) is 49.4 Å². The van der Waals surface area contributed by atoms with Crippen molar-refractivity contribution in [3.05, 3.63) is 29.8 Å². The second-order valence-corrected chi connectivity index (χ2v) is 7.94. The third kappa shape index (κ3) is 6.03. The van der Waals surface area contributed by atoms with Crippen molar-refractivity contribution in [2.45, 2.75) is 45.6 Å². The molecule has 158 valence electrons. The number of anilines is 1. The minimum absolute atomic E-state index is 0.0265. The van der Waals surface area contributed by atoms with E-state index in [2.05, 4.69) is 15.5 Å². The number of benzene rings is 1. The molecule has 0 aromatic heterocycles. The van der Waals surface area contributed by atoms with Crippen LogP contribution in [0.3, 0.4) is 0 Å². The van der Waals surface area contributed by atoms with Crippen LogP contribution >= 0.6 is 0 Å². The Bertz CT molecular complexity index is 735. The number of carbonyl (C=O) groups is 3. The number of nitrogens with one attached hydrogen (secondary N) is 2. The number of amides is 3. The van der Waals surface area contributed by atoms with Gasteiger partial charge in [-0.1, -0.05) is 6.07 Å². The summed E-state index contributed by atoms with van der Waals surface area (Å²) < 4.78 is 0. The first-order chi connectivity index (χ1) is 14.0. The monoisotopic (exact) mass is 400 g/mol. The molecule has 1 saturated carbocycles. The van der Waals surface area contributed by atoms with Gasteiger partial charge in [0.25, 0.3) is 5.91 Å². The van der Waals surface area contributed by atoms with Crippen LogP contribution in [0, 0.1) is 5.92 Å². The fourth-order valence-electron chi connectivity index (χ4n) is 3.73. The van der Waals surface area contributed by atoms with E-state index in [0.717, 1.165) is 38.8 Å². The highest BCUT2D eigenvalue weighted by molar-refractivity contribution is 5.97. The lowest BCUT2D eigenvalue weighted by Crippen LogP contribution is -2.46. The Morgan fingerprint density at radius 3 is 2.38 bits per heavy atom. The summed E-state index contributed by atoms with van der Waals surface area (Å²) >= 11 is 0. The predicted molar refractivity (Wildman–Crippen MR) is 113 cm³/mol. The summed E-state index contributed by atoms with van der Waals surface area (Å²) in [7, 11) is 0. The lowest BCUT2D eigenvalue weighted by atomic mass is 10.0. The molecule has 0 spiro atoms. The van der Waals surface area contributed by atoms with E-state index in [-0.39, 0.29) is 29.7 Å². The number of hydrogen-bond acceptors (Lipinski definition) is 4. The maximum atomic E-state index is 12.5. The van der Waals surface area contributed by atoms with Crippen molar-refractivity contribution in [2.75, 3.05) is 38.0 Å². The van der Waals surface area contributed by atoms with E-state index in [9.17, 15) is 14.4 Å². The molecule has 0 unspecified atom stereocenters. The molecule has 0 atom stereocenters. The Hall–Kier alpha value is -2.41. The number of nitrogens with zero attached hydrogens (tertiary/aromatic N) is 2. The van der Waals surface area contributed by atoms with Gasteiger partial charge in [0.15, 0.2) is 0 Å². The molecule has 1 saturated heterocycles. The highest BCUT2D eigenvalue weighted by Crippen LogP contribution is 2.29. The Labute approximate surface area is 172 Å². The lowest BCUT2D eigenvalue weighted by molar-refractivity contribution is -0.123. The highest BCUT2D eigenvalue weighted by Gasteiger charge is 2.31. The molecule has 3 rings (SSSR count). The Balaban J connectivity index is 1.45. The molecule has 1 aliphatic carbocycles. The van der Waals surface area contributed by atoms with Crippen molar-refractivity contribution >= 4 is 23.4 Å². The summed E-state index contributed by atoms with van der Waals surface area (Å²) in [5, 5.41) is 6.03. The molecule has 1 aliphatic heterocycles. The normalized spacial score (nSPS) is 17.6. The van der Waals surface area contributed by atoms with Gasteiger partial charge >= 0.3 is 0 Å². The van der Waals surface area contributed by atoms with E-state index in [1.807, 2.05) is 13.8 Å². The molecule has 1 heterocycles. The van der Waals surface area contributed by atoms with Crippen LogP contribution < -0.4 is 10.6 Å². The van der Waals surface area contributed by atoms with Crippen molar-refractivity contribution < 1.29 is 14.4 Å². The first kappa shape index (κ1) is 21.3. The molecule has 2 N–H and O–H groups in total. The van der Waals surface area contributed by atoms with Crippen molar-refractivity contribution in [1.29, 1.82) is 0 Å². The lowest BCUT2D eigenvalue weighted by Gasteiger charge is -2.31. The van der Waals surface area contributed by atoms with Crippen molar-refractivity contribution in [3.63, 3.8) is 0 Å². The fraction of sp³-hybridized carbons (Fsp3) is 0.591. The first-order valence-electron chi connectivity index (χ1n) is 10.7. The second-order valence-electron chi connectivity index (χ2n) is 7.94. The van der Waals surface area contributed by atoms with Gasteiger partial charge in [-0.15, -0.1) is 0 Å². The summed E-state index contributed by atoms with van der Waals surface area (Å²) in [6, 6.07) is 7.33. The van der Waals surface area contributed by atoms with Crippen LogP contribution in [0.4, 0.5) is 5.69 Å². The topological polar surface area (TPSA) is 81.8 Å². The molecule has 0 radical (unpaired) electrons. The Morgan fingerprint density at radius 1 is 1.07 bits per heavy atom. The summed E-state index contributed by atoms with van der Waals surface area (Å²) in [4.78, 5) is 40.7. The largest absolute Gasteiger partial charge is 0.353 e. The van der Waals surface area contributed by atoms with E-state index in [0.29, 0.717) is 30.9 Å². The maximum absolute atomic E-state index is 12.5. The van der Waals surface area contributed by atoms with E-state index < -0.39 is 0 Å². The van der Waals surface area contributed by atoms with Crippen LogP contribution in [0.25, 0.3) is 0 Å². The molecule has 7 nitrogen and oxygen atoms in total. The van der Waals surface area contributed by atoms with Crippen LogP contribution in [0.2, 0.25) is 0 Å². The molecule has 3 amide bonds. The zero-order valence-corrected chi connectivity index (χ0v) is 17.4. The van der Waals surface area contributed by atoms with E-state index >= 15 is 0 Å². The van der Waals surface area contributed by atoms with Gasteiger partial charge < -0.3 is 15.5 Å². The molecule has 7 heteroatoms. The Kier molecular flexibility index (Phi) is 7.25. The summed E-state index contributed by atoms with van der Waals surface area (Å²) in [5.41, 5.74) is 1.22. The zero-order chi connectivity index (χ0) is 20.8. The SMILES string of the molecule is CCN(CC)C(=O)c1cccc(NC(=O)CN2CCC(NC(=O)C3CC3)CC2)c1. The van der Waals surface area contributed by atoms with Crippen molar-refractivity contribution in [1.82, 2.24) is 15.1 Å². The number of hydrogen-bond donors (Lipinski definition) is 2. The van der Waals surface area contributed by atoms with Crippen LogP contribution in [0.5, 0.6) is 0 Å². The zero-order valence-electron chi connectivity index (χ0n) is 17.4. The third-order valence-electron chi connectivity index (χ3n) is 5.69. The van der Waals surface area contributed by atoms with Crippen LogP contribution in [-0.4, -0.2) is 66.3 Å². The quantitative estimate of drug-likeness (QED) is 0.700. The number of piperidine rings is 1. The van der Waals surface area contributed by atoms with Gasteiger partial charge in [0.2, 0.25) is 11.8 Å². The van der Waals surface area contributed by atoms with Gasteiger partial charge in [-0.2, -0.15) is 0 Å². The minimum atomic E-state index is -0.0853. The van der Waals surface area contributed by atoms with E-state index in [1.165, 1.54) is 0 Å². The van der Waals surface area contributed by atoms with Gasteiger partial charge in [-0.3, -0.25) is 19.3 Å². The molecule has 2 aliphatic rings. The second kappa shape index (κ2) is 9.87. The fourth-order valence-corrected chi connectivity index (χ4v) is 3.73. The summed E-state index contributed by atoms with van der Waals surface area (Å²) in [5.74, 6) is 0.322. The van der Waals surface area contributed by atoms with Crippen molar-refractivity contribution in [3.8, 4) is 0 Å². The van der Waals surface area contributed by atoms with Crippen LogP contribution in [0.15, 0.2) is 24.3 Å². The molecular weight excluding hydrogens is 368 g/mol. The van der Waals surface area contributed by atoms with Gasteiger partial charge in [-0.25, -0.2) is 0 Å². The highest BCUT2D eigenvalue weighted by atomic mass is 16.2. The summed E-state index contributed by atoms with van der Waals surface area (Å²) in [6.07, 6.45) is 3.79. The smallest absolute Gasteiger partial charge is 0.253 e. The average Bonchev–Trinajstić information content (AvgIpc) is 3.56. The standard InChI is InChI=1S/C22H32N4O3/c1-3-26(4-2)22(29)17-6-5-7-19(14-17)23-20(27)15-25-12-10-18(11-13-25)24-21(28)16-8-9-16/h5-7,14,16,18H,3-4,8-13,15H2,1-2H3,(H,23,27)(H,24,28). The molecule has 0 bridgehead atoms. The third-order valence-corrected chi connectivity index (χ3v) is 5.69. The number of rotatable bonds is 8. The molecule has 29 heavy (non-hydrogen) atoms.